The molecule has 2 amide bonds. The van der Waals surface area contributed by atoms with E-state index >= 15 is 0 Å². The average Bonchev–Trinajstić information content (AvgIpc) is 2.59. The number of halogens is 1. The van der Waals surface area contributed by atoms with E-state index in [1.807, 2.05) is 30.3 Å². The van der Waals surface area contributed by atoms with Crippen molar-refractivity contribution in [1.82, 2.24) is 10.2 Å². The van der Waals surface area contributed by atoms with Gasteiger partial charge in [0.1, 0.15) is 11.9 Å². The quantitative estimate of drug-likeness (QED) is 0.886. The lowest BCUT2D eigenvalue weighted by Gasteiger charge is -2.30. The molecule has 0 saturated heterocycles. The van der Waals surface area contributed by atoms with Crippen LogP contribution in [0.5, 0.6) is 0 Å². The van der Waals surface area contributed by atoms with E-state index in [1.165, 1.54) is 24.0 Å². The molecular formula is C19H21FN2O2. The Balaban J connectivity index is 2.26. The summed E-state index contributed by atoms with van der Waals surface area (Å²) >= 11 is 0. The molecule has 24 heavy (non-hydrogen) atoms. The Morgan fingerprint density at radius 2 is 1.67 bits per heavy atom. The second-order valence-electron chi connectivity index (χ2n) is 5.59. The van der Waals surface area contributed by atoms with Crippen molar-refractivity contribution in [2.24, 2.45) is 0 Å². The predicted molar refractivity (Wildman–Crippen MR) is 90.6 cm³/mol. The van der Waals surface area contributed by atoms with Crippen molar-refractivity contribution in [3.05, 3.63) is 71.5 Å². The summed E-state index contributed by atoms with van der Waals surface area (Å²) in [5.74, 6) is -0.764. The summed E-state index contributed by atoms with van der Waals surface area (Å²) in [4.78, 5) is 26.0. The van der Waals surface area contributed by atoms with Gasteiger partial charge in [0.25, 0.3) is 0 Å². The third-order valence-electron chi connectivity index (χ3n) is 3.87. The van der Waals surface area contributed by atoms with E-state index in [2.05, 4.69) is 5.32 Å². The monoisotopic (exact) mass is 328 g/mol. The molecule has 0 bridgehead atoms. The molecule has 2 rings (SSSR count). The Kier molecular flexibility index (Phi) is 6.07. The fourth-order valence-corrected chi connectivity index (χ4v) is 2.58. The molecule has 1 N–H and O–H groups in total. The summed E-state index contributed by atoms with van der Waals surface area (Å²) in [5, 5.41) is 2.62. The van der Waals surface area contributed by atoms with Crippen molar-refractivity contribution in [3.8, 4) is 0 Å². The second-order valence-corrected chi connectivity index (χ2v) is 5.59. The van der Waals surface area contributed by atoms with Crippen molar-refractivity contribution in [1.29, 1.82) is 0 Å². The highest BCUT2D eigenvalue weighted by Crippen LogP contribution is 2.15. The van der Waals surface area contributed by atoms with Gasteiger partial charge in [-0.3, -0.25) is 9.59 Å². The number of hydrogen-bond donors (Lipinski definition) is 1. The van der Waals surface area contributed by atoms with E-state index < -0.39 is 6.04 Å². The molecule has 0 aliphatic rings. The van der Waals surface area contributed by atoms with Crippen LogP contribution in [0.3, 0.4) is 0 Å². The summed E-state index contributed by atoms with van der Waals surface area (Å²) < 4.78 is 13.1. The van der Waals surface area contributed by atoms with Crippen molar-refractivity contribution < 1.29 is 14.0 Å². The largest absolute Gasteiger partial charge is 0.357 e. The van der Waals surface area contributed by atoms with Gasteiger partial charge < -0.3 is 10.2 Å². The molecule has 0 aromatic heterocycles. The number of likely N-dealkylation sites (N-methyl/N-ethyl adjacent to an activating group) is 1. The van der Waals surface area contributed by atoms with Gasteiger partial charge in [0.2, 0.25) is 11.8 Å². The minimum Gasteiger partial charge on any atom is -0.357 e. The molecule has 0 saturated carbocycles. The van der Waals surface area contributed by atoms with Gasteiger partial charge in [0, 0.05) is 26.9 Å². The maximum absolute atomic E-state index is 13.1. The van der Waals surface area contributed by atoms with E-state index in [4.69, 9.17) is 0 Å². The first kappa shape index (κ1) is 17.7. The first-order valence-corrected chi connectivity index (χ1v) is 7.78. The standard InChI is InChI=1S/C19H21FN2O2/c1-14(23)22(13-16-8-10-17(20)11-9-16)18(19(24)21-2)12-15-6-4-3-5-7-15/h3-11,18H,12-13H2,1-2H3,(H,21,24). The highest BCUT2D eigenvalue weighted by Gasteiger charge is 2.27. The lowest BCUT2D eigenvalue weighted by molar-refractivity contribution is -0.139. The lowest BCUT2D eigenvalue weighted by atomic mass is 10.0. The molecule has 0 fully saturated rings. The van der Waals surface area contributed by atoms with Crippen molar-refractivity contribution in [3.63, 3.8) is 0 Å². The topological polar surface area (TPSA) is 49.4 Å². The molecule has 0 aliphatic heterocycles. The van der Waals surface area contributed by atoms with Gasteiger partial charge in [-0.2, -0.15) is 0 Å². The number of amides is 2. The normalized spacial score (nSPS) is 11.6. The number of rotatable bonds is 6. The fourth-order valence-electron chi connectivity index (χ4n) is 2.58. The Hall–Kier alpha value is -2.69. The van der Waals surface area contributed by atoms with Crippen LogP contribution >= 0.6 is 0 Å². The third-order valence-corrected chi connectivity index (χ3v) is 3.87. The van der Waals surface area contributed by atoms with Gasteiger partial charge >= 0.3 is 0 Å². The molecule has 0 aliphatic carbocycles. The maximum Gasteiger partial charge on any atom is 0.242 e. The third kappa shape index (κ3) is 4.65. The fraction of sp³-hybridized carbons (Fsp3) is 0.263. The minimum absolute atomic E-state index is 0.205. The summed E-state index contributed by atoms with van der Waals surface area (Å²) in [6.45, 7) is 1.69. The van der Waals surface area contributed by atoms with Gasteiger partial charge in [-0.05, 0) is 23.3 Å². The van der Waals surface area contributed by atoms with Crippen molar-refractivity contribution in [2.45, 2.75) is 25.9 Å². The average molecular weight is 328 g/mol. The number of nitrogens with zero attached hydrogens (tertiary/aromatic N) is 1. The maximum atomic E-state index is 13.1. The van der Waals surface area contributed by atoms with E-state index in [9.17, 15) is 14.0 Å². The number of carbonyl (C=O) groups is 2. The van der Waals surface area contributed by atoms with Crippen LogP contribution in [0.2, 0.25) is 0 Å². The van der Waals surface area contributed by atoms with Crippen LogP contribution in [0.4, 0.5) is 4.39 Å². The van der Waals surface area contributed by atoms with Crippen LogP contribution in [0, 0.1) is 5.82 Å². The van der Waals surface area contributed by atoms with Crippen LogP contribution in [0.25, 0.3) is 0 Å². The Labute approximate surface area is 141 Å². The zero-order valence-electron chi connectivity index (χ0n) is 13.8. The predicted octanol–water partition coefficient (Wildman–Crippen LogP) is 2.53. The molecule has 1 atom stereocenters. The molecule has 1 unspecified atom stereocenters. The second kappa shape index (κ2) is 8.24. The Bertz CT molecular complexity index is 686. The van der Waals surface area contributed by atoms with Crippen LogP contribution in [0.1, 0.15) is 18.1 Å². The number of hydrogen-bond acceptors (Lipinski definition) is 2. The van der Waals surface area contributed by atoms with E-state index in [-0.39, 0.29) is 24.2 Å². The van der Waals surface area contributed by atoms with Crippen molar-refractivity contribution in [2.75, 3.05) is 7.05 Å². The summed E-state index contributed by atoms with van der Waals surface area (Å²) in [7, 11) is 1.55. The molecular weight excluding hydrogens is 307 g/mol. The van der Waals surface area contributed by atoms with Gasteiger partial charge in [0.15, 0.2) is 0 Å². The molecule has 0 heterocycles. The van der Waals surface area contributed by atoms with Crippen LogP contribution in [-0.2, 0) is 22.6 Å². The zero-order valence-corrected chi connectivity index (χ0v) is 13.8. The zero-order chi connectivity index (χ0) is 17.5. The SMILES string of the molecule is CNC(=O)C(Cc1ccccc1)N(Cc1ccc(F)cc1)C(C)=O. The number of nitrogens with one attached hydrogen (secondary N) is 1. The molecule has 0 radical (unpaired) electrons. The summed E-state index contributed by atoms with van der Waals surface area (Å²) in [5.41, 5.74) is 1.74. The molecule has 2 aromatic rings. The van der Waals surface area contributed by atoms with Crippen LogP contribution < -0.4 is 5.32 Å². The molecule has 2 aromatic carbocycles. The summed E-state index contributed by atoms with van der Waals surface area (Å²) in [6, 6.07) is 14.9. The highest BCUT2D eigenvalue weighted by molar-refractivity contribution is 5.87. The van der Waals surface area contributed by atoms with Crippen LogP contribution in [-0.4, -0.2) is 29.8 Å². The number of benzene rings is 2. The number of carbonyl (C=O) groups excluding carboxylic acids is 2. The first-order valence-electron chi connectivity index (χ1n) is 7.78. The Morgan fingerprint density at radius 3 is 2.21 bits per heavy atom. The summed E-state index contributed by atoms with van der Waals surface area (Å²) in [6.07, 6.45) is 0.418. The van der Waals surface area contributed by atoms with Gasteiger partial charge in [-0.1, -0.05) is 42.5 Å². The van der Waals surface area contributed by atoms with Crippen LogP contribution in [0.15, 0.2) is 54.6 Å². The highest BCUT2D eigenvalue weighted by atomic mass is 19.1. The molecule has 0 spiro atoms. The lowest BCUT2D eigenvalue weighted by Crippen LogP contribution is -2.49. The van der Waals surface area contributed by atoms with Gasteiger partial charge in [-0.25, -0.2) is 4.39 Å². The van der Waals surface area contributed by atoms with E-state index in [1.54, 1.807) is 19.2 Å². The van der Waals surface area contributed by atoms with E-state index in [0.717, 1.165) is 11.1 Å². The van der Waals surface area contributed by atoms with E-state index in [0.29, 0.717) is 6.42 Å². The smallest absolute Gasteiger partial charge is 0.242 e. The van der Waals surface area contributed by atoms with Gasteiger partial charge in [-0.15, -0.1) is 0 Å². The Morgan fingerprint density at radius 1 is 1.04 bits per heavy atom. The molecule has 5 heteroatoms. The first-order chi connectivity index (χ1) is 11.5. The van der Waals surface area contributed by atoms with Gasteiger partial charge in [0.05, 0.1) is 0 Å². The molecule has 126 valence electrons. The van der Waals surface area contributed by atoms with Crippen molar-refractivity contribution >= 4 is 11.8 Å². The minimum atomic E-state index is -0.625. The molecule has 4 nitrogen and oxygen atoms in total.